The van der Waals surface area contributed by atoms with Crippen molar-refractivity contribution >= 4 is 17.6 Å². The first-order valence-corrected chi connectivity index (χ1v) is 7.37. The molecule has 0 bridgehead atoms. The second kappa shape index (κ2) is 8.55. The summed E-state index contributed by atoms with van der Waals surface area (Å²) in [5, 5.41) is 8.71. The van der Waals surface area contributed by atoms with E-state index in [1.807, 2.05) is 6.07 Å². The van der Waals surface area contributed by atoms with Gasteiger partial charge in [-0.15, -0.1) is 0 Å². The summed E-state index contributed by atoms with van der Waals surface area (Å²) >= 11 is 0. The molecule has 2 aromatic carbocycles. The van der Waals surface area contributed by atoms with Gasteiger partial charge in [0.25, 0.3) is 5.91 Å². The zero-order valence-electron chi connectivity index (χ0n) is 13.1. The van der Waals surface area contributed by atoms with Gasteiger partial charge in [0, 0.05) is 12.2 Å². The molecule has 5 nitrogen and oxygen atoms in total. The van der Waals surface area contributed by atoms with Crippen molar-refractivity contribution in [3.8, 4) is 6.07 Å². The molecular weight excluding hydrogens is 330 g/mol. The molecule has 128 valence electrons. The summed E-state index contributed by atoms with van der Waals surface area (Å²) in [5.74, 6) is -2.28. The highest BCUT2D eigenvalue weighted by atomic mass is 19.1. The van der Waals surface area contributed by atoms with Crippen LogP contribution in [0.15, 0.2) is 48.5 Å². The van der Waals surface area contributed by atoms with E-state index < -0.39 is 30.1 Å². The molecule has 0 aromatic heterocycles. The van der Waals surface area contributed by atoms with Crippen LogP contribution in [-0.4, -0.2) is 25.0 Å². The first-order chi connectivity index (χ1) is 12.0. The van der Waals surface area contributed by atoms with Gasteiger partial charge in [0.1, 0.15) is 11.6 Å². The average molecular weight is 344 g/mol. The predicted molar refractivity (Wildman–Crippen MR) is 85.7 cm³/mol. The SMILES string of the molecule is N#CCCN(C(=O)COC(=O)c1ccc(F)cc1)c1ccc(F)cc1. The van der Waals surface area contributed by atoms with Crippen LogP contribution in [0.25, 0.3) is 0 Å². The van der Waals surface area contributed by atoms with Crippen LogP contribution >= 0.6 is 0 Å². The second-order valence-electron chi connectivity index (χ2n) is 5.01. The van der Waals surface area contributed by atoms with Crippen LogP contribution in [-0.2, 0) is 9.53 Å². The van der Waals surface area contributed by atoms with Crippen molar-refractivity contribution in [3.63, 3.8) is 0 Å². The summed E-state index contributed by atoms with van der Waals surface area (Å²) in [4.78, 5) is 25.4. The van der Waals surface area contributed by atoms with Crippen LogP contribution in [0.1, 0.15) is 16.8 Å². The van der Waals surface area contributed by atoms with Crippen molar-refractivity contribution in [2.75, 3.05) is 18.1 Å². The van der Waals surface area contributed by atoms with Crippen molar-refractivity contribution in [2.45, 2.75) is 6.42 Å². The van der Waals surface area contributed by atoms with Gasteiger partial charge in [0.05, 0.1) is 18.1 Å². The zero-order chi connectivity index (χ0) is 18.2. The average Bonchev–Trinajstić information content (AvgIpc) is 2.62. The van der Waals surface area contributed by atoms with Crippen molar-refractivity contribution in [1.82, 2.24) is 0 Å². The predicted octanol–water partition coefficient (Wildman–Crippen LogP) is 3.07. The normalized spacial score (nSPS) is 9.96. The minimum Gasteiger partial charge on any atom is -0.452 e. The topological polar surface area (TPSA) is 70.4 Å². The number of ether oxygens (including phenoxy) is 1. The Morgan fingerprint density at radius 2 is 1.56 bits per heavy atom. The van der Waals surface area contributed by atoms with Gasteiger partial charge in [-0.3, -0.25) is 4.79 Å². The molecule has 0 atom stereocenters. The van der Waals surface area contributed by atoms with Crippen LogP contribution in [0.5, 0.6) is 0 Å². The number of hydrogen-bond acceptors (Lipinski definition) is 4. The highest BCUT2D eigenvalue weighted by Crippen LogP contribution is 2.16. The standard InChI is InChI=1S/C18H14F2N2O3/c19-14-4-2-13(3-5-14)18(24)25-12-17(23)22(11-1-10-21)16-8-6-15(20)7-9-16/h2-9H,1,11-12H2. The summed E-state index contributed by atoms with van der Waals surface area (Å²) in [6, 6.07) is 11.8. The second-order valence-corrected chi connectivity index (χ2v) is 5.01. The van der Waals surface area contributed by atoms with Crippen molar-refractivity contribution in [3.05, 3.63) is 65.7 Å². The molecule has 7 heteroatoms. The van der Waals surface area contributed by atoms with Crippen LogP contribution in [0, 0.1) is 23.0 Å². The maximum atomic E-state index is 13.0. The molecule has 0 fully saturated rings. The van der Waals surface area contributed by atoms with Crippen molar-refractivity contribution in [1.29, 1.82) is 5.26 Å². The maximum absolute atomic E-state index is 13.0. The van der Waals surface area contributed by atoms with Gasteiger partial charge in [-0.2, -0.15) is 5.26 Å². The Hall–Kier alpha value is -3.27. The molecule has 0 heterocycles. The van der Waals surface area contributed by atoms with Crippen LogP contribution in [0.2, 0.25) is 0 Å². The van der Waals surface area contributed by atoms with Crippen molar-refractivity contribution < 1.29 is 23.1 Å². The monoisotopic (exact) mass is 344 g/mol. The molecule has 0 saturated carbocycles. The molecule has 0 aliphatic carbocycles. The first-order valence-electron chi connectivity index (χ1n) is 7.37. The number of esters is 1. The Morgan fingerprint density at radius 3 is 2.12 bits per heavy atom. The molecule has 0 unspecified atom stereocenters. The first kappa shape index (κ1) is 18.1. The van der Waals surface area contributed by atoms with E-state index in [1.165, 1.54) is 41.3 Å². The van der Waals surface area contributed by atoms with E-state index in [1.54, 1.807) is 0 Å². The molecule has 0 aliphatic rings. The molecule has 1 amide bonds. The molecule has 0 saturated heterocycles. The van der Waals surface area contributed by atoms with E-state index in [2.05, 4.69) is 0 Å². The Balaban J connectivity index is 2.03. The fraction of sp³-hybridized carbons (Fsp3) is 0.167. The lowest BCUT2D eigenvalue weighted by Crippen LogP contribution is -2.35. The zero-order valence-corrected chi connectivity index (χ0v) is 13.1. The largest absolute Gasteiger partial charge is 0.452 e. The summed E-state index contributed by atoms with van der Waals surface area (Å²) in [6.45, 7) is -0.478. The van der Waals surface area contributed by atoms with Gasteiger partial charge in [0.2, 0.25) is 0 Å². The van der Waals surface area contributed by atoms with Gasteiger partial charge < -0.3 is 9.64 Å². The van der Waals surface area contributed by atoms with Gasteiger partial charge in [-0.1, -0.05) is 0 Å². The Bertz CT molecular complexity index is 783. The number of hydrogen-bond donors (Lipinski definition) is 0. The summed E-state index contributed by atoms with van der Waals surface area (Å²) in [7, 11) is 0. The van der Waals surface area contributed by atoms with Crippen molar-refractivity contribution in [2.24, 2.45) is 0 Å². The maximum Gasteiger partial charge on any atom is 0.338 e. The van der Waals surface area contributed by atoms with E-state index in [0.29, 0.717) is 5.69 Å². The molecule has 0 aliphatic heterocycles. The fourth-order valence-electron chi connectivity index (χ4n) is 2.06. The Labute approximate surface area is 143 Å². The number of halogens is 2. The highest BCUT2D eigenvalue weighted by Gasteiger charge is 2.18. The minimum atomic E-state index is -0.771. The number of rotatable bonds is 6. The molecular formula is C18H14F2N2O3. The number of amides is 1. The number of nitriles is 1. The molecule has 0 radical (unpaired) electrons. The quantitative estimate of drug-likeness (QED) is 0.755. The Kier molecular flexibility index (Phi) is 6.18. The lowest BCUT2D eigenvalue weighted by atomic mass is 10.2. The van der Waals surface area contributed by atoms with Crippen LogP contribution in [0.4, 0.5) is 14.5 Å². The molecule has 25 heavy (non-hydrogen) atoms. The van der Waals surface area contributed by atoms with E-state index >= 15 is 0 Å². The van der Waals surface area contributed by atoms with Crippen LogP contribution < -0.4 is 4.90 Å². The minimum absolute atomic E-state index is 0.0645. The number of benzene rings is 2. The fourth-order valence-corrected chi connectivity index (χ4v) is 2.06. The summed E-state index contributed by atoms with van der Waals surface area (Å²) < 4.78 is 30.8. The molecule has 2 aromatic rings. The molecule has 0 N–H and O–H groups in total. The number of carbonyl (C=O) groups is 2. The van der Waals surface area contributed by atoms with Gasteiger partial charge in [-0.05, 0) is 48.5 Å². The van der Waals surface area contributed by atoms with E-state index in [-0.39, 0.29) is 18.5 Å². The van der Waals surface area contributed by atoms with Crippen LogP contribution in [0.3, 0.4) is 0 Å². The third kappa shape index (κ3) is 5.11. The van der Waals surface area contributed by atoms with Gasteiger partial charge in [-0.25, -0.2) is 13.6 Å². The highest BCUT2D eigenvalue weighted by molar-refractivity contribution is 5.97. The Morgan fingerprint density at radius 1 is 1.00 bits per heavy atom. The van der Waals surface area contributed by atoms with Gasteiger partial charge >= 0.3 is 5.97 Å². The number of nitrogens with zero attached hydrogens (tertiary/aromatic N) is 2. The summed E-state index contributed by atoms with van der Waals surface area (Å²) in [6.07, 6.45) is 0.0645. The van der Waals surface area contributed by atoms with E-state index in [0.717, 1.165) is 12.1 Å². The third-order valence-corrected chi connectivity index (χ3v) is 3.29. The lowest BCUT2D eigenvalue weighted by Gasteiger charge is -2.21. The van der Waals surface area contributed by atoms with Gasteiger partial charge in [0.15, 0.2) is 6.61 Å². The number of anilines is 1. The number of carbonyl (C=O) groups excluding carboxylic acids is 2. The molecule has 0 spiro atoms. The van der Waals surface area contributed by atoms with E-state index in [4.69, 9.17) is 10.00 Å². The van der Waals surface area contributed by atoms with E-state index in [9.17, 15) is 18.4 Å². The third-order valence-electron chi connectivity index (χ3n) is 3.29. The molecule has 2 rings (SSSR count). The smallest absolute Gasteiger partial charge is 0.338 e. The lowest BCUT2D eigenvalue weighted by molar-refractivity contribution is -0.121. The summed E-state index contributed by atoms with van der Waals surface area (Å²) in [5.41, 5.74) is 0.499.